The number of nitrogens with one attached hydrogen (secondary N) is 1. The molecule has 0 aliphatic rings. The van der Waals surface area contributed by atoms with Crippen LogP contribution in [0.5, 0.6) is 0 Å². The first-order chi connectivity index (χ1) is 7.77. The number of hydrogen-bond acceptors (Lipinski definition) is 6. The molecule has 2 rings (SSSR count). The van der Waals surface area contributed by atoms with Crippen LogP contribution in [-0.4, -0.2) is 19.1 Å². The molecule has 7 heteroatoms. The molecule has 2 aromatic heterocycles. The first-order valence-corrected chi connectivity index (χ1v) is 5.79. The Labute approximate surface area is 97.6 Å². The third-order valence-electron chi connectivity index (χ3n) is 2.47. The van der Waals surface area contributed by atoms with E-state index in [2.05, 4.69) is 20.0 Å². The Morgan fingerprint density at radius 2 is 2.44 bits per heavy atom. The molecule has 0 fully saturated rings. The maximum Gasteiger partial charge on any atom is 0.132 e. The number of nitrogens with zero attached hydrogens (tertiary/aromatic N) is 4. The minimum absolute atomic E-state index is 0.144. The predicted molar refractivity (Wildman–Crippen MR) is 61.7 cm³/mol. The van der Waals surface area contributed by atoms with Crippen molar-refractivity contribution in [2.75, 3.05) is 0 Å². The van der Waals surface area contributed by atoms with E-state index in [1.54, 1.807) is 6.20 Å². The summed E-state index contributed by atoms with van der Waals surface area (Å²) in [4.78, 5) is 5.32. The second kappa shape index (κ2) is 4.69. The second-order valence-corrected chi connectivity index (χ2v) is 4.22. The van der Waals surface area contributed by atoms with Gasteiger partial charge in [0, 0.05) is 19.4 Å². The summed E-state index contributed by atoms with van der Waals surface area (Å²) in [7, 11) is 1.94. The van der Waals surface area contributed by atoms with Gasteiger partial charge in [-0.05, 0) is 18.0 Å². The standard InChI is InChI=1S/C9H14N6S/c1-3-6-8(16-14-13-6)7(12-10)9-11-4-5-15(9)2/h4-5,7,12H,3,10H2,1-2H3. The Bertz CT molecular complexity index is 462. The third-order valence-corrected chi connectivity index (χ3v) is 3.30. The van der Waals surface area contributed by atoms with Crippen molar-refractivity contribution in [1.29, 1.82) is 0 Å². The maximum atomic E-state index is 5.60. The Hall–Kier alpha value is -1.31. The lowest BCUT2D eigenvalue weighted by Gasteiger charge is -2.14. The van der Waals surface area contributed by atoms with Gasteiger partial charge in [-0.25, -0.2) is 10.4 Å². The lowest BCUT2D eigenvalue weighted by atomic mass is 10.2. The van der Waals surface area contributed by atoms with Gasteiger partial charge in [0.05, 0.1) is 10.6 Å². The molecular weight excluding hydrogens is 224 g/mol. The zero-order chi connectivity index (χ0) is 11.5. The fraction of sp³-hybridized carbons (Fsp3) is 0.444. The molecule has 0 radical (unpaired) electrons. The largest absolute Gasteiger partial charge is 0.336 e. The van der Waals surface area contributed by atoms with E-state index in [4.69, 9.17) is 5.84 Å². The van der Waals surface area contributed by atoms with Crippen molar-refractivity contribution in [3.63, 3.8) is 0 Å². The van der Waals surface area contributed by atoms with E-state index >= 15 is 0 Å². The molecule has 0 saturated carbocycles. The fourth-order valence-electron chi connectivity index (χ4n) is 1.60. The van der Waals surface area contributed by atoms with E-state index in [9.17, 15) is 0 Å². The molecule has 6 nitrogen and oxygen atoms in total. The van der Waals surface area contributed by atoms with Crippen LogP contribution < -0.4 is 11.3 Å². The molecule has 1 unspecified atom stereocenters. The van der Waals surface area contributed by atoms with E-state index in [0.717, 1.165) is 22.8 Å². The Kier molecular flexibility index (Phi) is 3.28. The quantitative estimate of drug-likeness (QED) is 0.594. The summed E-state index contributed by atoms with van der Waals surface area (Å²) in [5, 5.41) is 4.08. The number of hydrogen-bond donors (Lipinski definition) is 2. The fourth-order valence-corrected chi connectivity index (χ4v) is 2.40. The normalized spacial score (nSPS) is 12.9. The summed E-state index contributed by atoms with van der Waals surface area (Å²) in [6, 6.07) is -0.144. The SMILES string of the molecule is CCc1nnsc1C(NN)c1nccn1C. The van der Waals surface area contributed by atoms with Crippen LogP contribution in [0.4, 0.5) is 0 Å². The zero-order valence-electron chi connectivity index (χ0n) is 9.21. The molecule has 1 atom stereocenters. The van der Waals surface area contributed by atoms with Crippen molar-refractivity contribution in [3.8, 4) is 0 Å². The number of rotatable bonds is 4. The molecule has 3 N–H and O–H groups in total. The minimum atomic E-state index is -0.144. The van der Waals surface area contributed by atoms with Crippen LogP contribution >= 0.6 is 11.5 Å². The van der Waals surface area contributed by atoms with Crippen molar-refractivity contribution in [1.82, 2.24) is 24.6 Å². The highest BCUT2D eigenvalue weighted by atomic mass is 32.1. The number of aryl methyl sites for hydroxylation is 2. The number of imidazole rings is 1. The monoisotopic (exact) mass is 238 g/mol. The van der Waals surface area contributed by atoms with Gasteiger partial charge in [-0.15, -0.1) is 5.10 Å². The smallest absolute Gasteiger partial charge is 0.132 e. The van der Waals surface area contributed by atoms with Gasteiger partial charge in [0.15, 0.2) is 0 Å². The van der Waals surface area contributed by atoms with E-state index in [1.165, 1.54) is 11.5 Å². The van der Waals surface area contributed by atoms with Crippen molar-refractivity contribution in [3.05, 3.63) is 28.8 Å². The summed E-state index contributed by atoms with van der Waals surface area (Å²) < 4.78 is 5.89. The predicted octanol–water partition coefficient (Wildman–Crippen LogP) is 0.387. The van der Waals surface area contributed by atoms with Gasteiger partial charge in [-0.3, -0.25) is 5.84 Å². The molecule has 0 bridgehead atoms. The molecule has 86 valence electrons. The highest BCUT2D eigenvalue weighted by Gasteiger charge is 2.22. The molecule has 16 heavy (non-hydrogen) atoms. The summed E-state index contributed by atoms with van der Waals surface area (Å²) in [6.45, 7) is 2.05. The topological polar surface area (TPSA) is 81.7 Å². The van der Waals surface area contributed by atoms with Gasteiger partial charge in [0.25, 0.3) is 0 Å². The maximum absolute atomic E-state index is 5.60. The van der Waals surface area contributed by atoms with E-state index < -0.39 is 0 Å². The van der Waals surface area contributed by atoms with Gasteiger partial charge in [0.1, 0.15) is 11.9 Å². The first-order valence-electron chi connectivity index (χ1n) is 5.02. The third kappa shape index (κ3) is 1.84. The Morgan fingerprint density at radius 1 is 1.62 bits per heavy atom. The van der Waals surface area contributed by atoms with Gasteiger partial charge in [-0.1, -0.05) is 11.4 Å². The van der Waals surface area contributed by atoms with Crippen molar-refractivity contribution >= 4 is 11.5 Å². The number of aromatic nitrogens is 4. The van der Waals surface area contributed by atoms with Crippen molar-refractivity contribution < 1.29 is 0 Å². The van der Waals surface area contributed by atoms with E-state index in [1.807, 2.05) is 24.7 Å². The summed E-state index contributed by atoms with van der Waals surface area (Å²) in [6.07, 6.45) is 4.48. The average molecular weight is 238 g/mol. The van der Waals surface area contributed by atoms with Gasteiger partial charge in [-0.2, -0.15) is 0 Å². The highest BCUT2D eigenvalue weighted by Crippen LogP contribution is 2.25. The van der Waals surface area contributed by atoms with Crippen LogP contribution in [0, 0.1) is 0 Å². The lowest BCUT2D eigenvalue weighted by molar-refractivity contribution is 0.582. The molecule has 0 saturated heterocycles. The van der Waals surface area contributed by atoms with Crippen molar-refractivity contribution in [2.24, 2.45) is 12.9 Å². The van der Waals surface area contributed by atoms with Crippen LogP contribution in [0.1, 0.15) is 29.4 Å². The highest BCUT2D eigenvalue weighted by molar-refractivity contribution is 7.05. The van der Waals surface area contributed by atoms with E-state index in [-0.39, 0.29) is 6.04 Å². The molecule has 0 aromatic carbocycles. The van der Waals surface area contributed by atoms with Crippen LogP contribution in [-0.2, 0) is 13.5 Å². The first kappa shape index (κ1) is 11.2. The molecule has 0 aliphatic heterocycles. The molecular formula is C9H14N6S. The summed E-state index contributed by atoms with van der Waals surface area (Å²) in [5.41, 5.74) is 3.74. The van der Waals surface area contributed by atoms with Crippen LogP contribution in [0.25, 0.3) is 0 Å². The Morgan fingerprint density at radius 3 is 3.00 bits per heavy atom. The van der Waals surface area contributed by atoms with Crippen LogP contribution in [0.15, 0.2) is 12.4 Å². The molecule has 0 aliphatic carbocycles. The van der Waals surface area contributed by atoms with Gasteiger partial charge >= 0.3 is 0 Å². The molecule has 2 aromatic rings. The minimum Gasteiger partial charge on any atom is -0.336 e. The van der Waals surface area contributed by atoms with Gasteiger partial charge < -0.3 is 4.57 Å². The van der Waals surface area contributed by atoms with Gasteiger partial charge in [0.2, 0.25) is 0 Å². The average Bonchev–Trinajstić information content (AvgIpc) is 2.90. The summed E-state index contributed by atoms with van der Waals surface area (Å²) in [5.74, 6) is 6.46. The van der Waals surface area contributed by atoms with Crippen LogP contribution in [0.2, 0.25) is 0 Å². The van der Waals surface area contributed by atoms with Crippen LogP contribution in [0.3, 0.4) is 0 Å². The number of hydrazine groups is 1. The second-order valence-electron chi connectivity index (χ2n) is 3.43. The summed E-state index contributed by atoms with van der Waals surface area (Å²) >= 11 is 1.36. The molecule has 0 spiro atoms. The zero-order valence-corrected chi connectivity index (χ0v) is 10.0. The number of nitrogens with two attached hydrogens (primary N) is 1. The lowest BCUT2D eigenvalue weighted by Crippen LogP contribution is -2.30. The van der Waals surface area contributed by atoms with E-state index in [0.29, 0.717) is 0 Å². The Balaban J connectivity index is 2.40. The van der Waals surface area contributed by atoms with Crippen molar-refractivity contribution in [2.45, 2.75) is 19.4 Å². The molecule has 0 amide bonds. The molecule has 2 heterocycles.